The van der Waals surface area contributed by atoms with Crippen molar-refractivity contribution in [2.45, 2.75) is 6.92 Å². The van der Waals surface area contributed by atoms with E-state index < -0.39 is 5.97 Å². The van der Waals surface area contributed by atoms with Crippen LogP contribution in [0.1, 0.15) is 6.92 Å². The summed E-state index contributed by atoms with van der Waals surface area (Å²) in [6.45, 7) is 0.972. The Morgan fingerprint density at radius 3 is 1.25 bits per heavy atom. The molecule has 0 aromatic heterocycles. The second-order valence-corrected chi connectivity index (χ2v) is 0.492. The van der Waals surface area contributed by atoms with Gasteiger partial charge in [-0.25, -0.2) is 0 Å². The molecule has 0 fully saturated rings. The monoisotopic (exact) mass is 152 g/mol. The van der Waals surface area contributed by atoms with Gasteiger partial charge in [-0.15, -0.1) is 0 Å². The van der Waals surface area contributed by atoms with Gasteiger partial charge in [0.2, 0.25) is 0 Å². The Morgan fingerprint density at radius 2 is 1.25 bits per heavy atom. The van der Waals surface area contributed by atoms with Crippen LogP contribution in [0.2, 0.25) is 0 Å². The van der Waals surface area contributed by atoms with Crippen LogP contribution in [-0.4, -0.2) is 22.4 Å². The topological polar surface area (TPSA) is 135 Å². The van der Waals surface area contributed by atoms with Crippen molar-refractivity contribution in [1.29, 1.82) is 0 Å². The Bertz CT molecular complexity index is 33.4. The van der Waals surface area contributed by atoms with E-state index in [0.29, 0.717) is 0 Å². The average Bonchev–Trinajstić information content (AvgIpc) is 0.811. The molecule has 0 amide bonds. The van der Waals surface area contributed by atoms with Crippen LogP contribution in [0.25, 0.3) is 0 Å². The summed E-state index contributed by atoms with van der Waals surface area (Å²) in [5.41, 5.74) is 0. The van der Waals surface area contributed by atoms with E-state index in [4.69, 9.17) is 9.90 Å². The van der Waals surface area contributed by atoms with Crippen LogP contribution < -0.4 is 56.5 Å². The van der Waals surface area contributed by atoms with Crippen LogP contribution in [0.4, 0.5) is 0 Å². The van der Waals surface area contributed by atoms with Crippen molar-refractivity contribution < 1.29 is 77.7 Å². The molecule has 0 atom stereocenters. The summed E-state index contributed by atoms with van der Waals surface area (Å²) in [7, 11) is 0. The zero-order chi connectivity index (χ0) is 3.58. The summed E-state index contributed by atoms with van der Waals surface area (Å²) >= 11 is 0. The maximum atomic E-state index is 8.89. The van der Waals surface area contributed by atoms with Crippen molar-refractivity contribution in [2.75, 3.05) is 0 Å². The summed E-state index contributed by atoms with van der Waals surface area (Å²) in [5, 5.41) is 8.89. The maximum Gasteiger partial charge on any atom is 1.00 e. The van der Waals surface area contributed by atoms with E-state index in [9.17, 15) is 0 Å². The molecule has 0 spiro atoms. The van der Waals surface area contributed by atoms with Crippen LogP contribution in [0.5, 0.6) is 0 Å². The third-order valence-corrected chi connectivity index (χ3v) is 0. The molecule has 0 heterocycles. The van der Waals surface area contributed by atoms with Gasteiger partial charge >= 0.3 is 51.4 Å². The second kappa shape index (κ2) is 24.5. The maximum absolute atomic E-state index is 8.89. The summed E-state index contributed by atoms with van der Waals surface area (Å²) in [4.78, 5) is 8.89. The largest absolute Gasteiger partial charge is 1.00 e. The van der Waals surface area contributed by atoms with Crippen LogP contribution in [0, 0.1) is 0 Å². The van der Waals surface area contributed by atoms with Crippen molar-refractivity contribution in [3.63, 3.8) is 0 Å². The van der Waals surface area contributed by atoms with Crippen molar-refractivity contribution in [3.05, 3.63) is 0 Å². The number of hydrogen-bond acceptors (Lipinski definition) is 2. The van der Waals surface area contributed by atoms with Crippen LogP contribution in [-0.2, 0) is 4.79 Å². The minimum absolute atomic E-state index is 0. The number of carbonyl (C=O) groups excluding carboxylic acids is 1. The summed E-state index contributed by atoms with van der Waals surface area (Å²) in [6.07, 6.45) is 0. The molecular weight excluding hydrogens is 143 g/mol. The predicted octanol–water partition coefficient (Wildman–Crippen LogP) is -6.71. The molecule has 0 bridgehead atoms. The molecule has 5 nitrogen and oxygen atoms in total. The van der Waals surface area contributed by atoms with Gasteiger partial charge in [0.1, 0.15) is 0 Å². The fraction of sp³-hybridized carbons (Fsp3) is 0.500. The van der Waals surface area contributed by atoms with Gasteiger partial charge in [-0.05, 0) is 6.92 Å². The zero-order valence-corrected chi connectivity index (χ0v) is 7.94. The molecule has 0 aromatic rings. The molecule has 6 heteroatoms. The van der Waals surface area contributed by atoms with E-state index in [-0.39, 0.29) is 67.8 Å². The van der Waals surface area contributed by atoms with Crippen molar-refractivity contribution in [1.82, 2.24) is 0 Å². The van der Waals surface area contributed by atoms with E-state index in [1.807, 2.05) is 0 Å². The first-order valence-corrected chi connectivity index (χ1v) is 0.908. The molecule has 0 aliphatic rings. The molecule has 0 aliphatic heterocycles. The summed E-state index contributed by atoms with van der Waals surface area (Å²) < 4.78 is 0. The first-order valence-electron chi connectivity index (χ1n) is 0.908. The fourth-order valence-corrected chi connectivity index (χ4v) is 0. The van der Waals surface area contributed by atoms with E-state index in [1.54, 1.807) is 0 Å². The normalized spacial score (nSPS) is 3.12. The minimum atomic E-state index is -1.08. The summed E-state index contributed by atoms with van der Waals surface area (Å²) in [6, 6.07) is 0. The van der Waals surface area contributed by atoms with Crippen LogP contribution >= 0.6 is 0 Å². The molecule has 48 valence electrons. The van der Waals surface area contributed by atoms with Gasteiger partial charge in [0.15, 0.2) is 0 Å². The Labute approximate surface area is 89.4 Å². The molecular formula is C2H9KO5. The first kappa shape index (κ1) is 36.1. The molecule has 0 radical (unpaired) electrons. The van der Waals surface area contributed by atoms with Gasteiger partial charge in [-0.3, -0.25) is 0 Å². The molecule has 0 aliphatic carbocycles. The van der Waals surface area contributed by atoms with Gasteiger partial charge in [-0.1, -0.05) is 0 Å². The number of carboxylic acid groups (broad SMARTS) is 1. The number of hydrogen-bond donors (Lipinski definition) is 0. The standard InChI is InChI=1S/C2H4O2.K.3H2O/c1-2(3)4;;;;/h1H3,(H,3,4);;3*1H2/q;+1;;;/p-1. The number of carbonyl (C=O) groups is 1. The van der Waals surface area contributed by atoms with E-state index in [0.717, 1.165) is 6.92 Å². The minimum Gasteiger partial charge on any atom is -0.550 e. The molecule has 6 N–H and O–H groups in total. The average molecular weight is 152 g/mol. The van der Waals surface area contributed by atoms with E-state index >= 15 is 0 Å². The molecule has 0 saturated carbocycles. The Balaban J connectivity index is -0.00000000750. The second-order valence-electron chi connectivity index (χ2n) is 0.492. The van der Waals surface area contributed by atoms with Gasteiger partial charge in [0, 0.05) is 5.97 Å². The van der Waals surface area contributed by atoms with Crippen LogP contribution in [0.3, 0.4) is 0 Å². The first-order chi connectivity index (χ1) is 1.73. The van der Waals surface area contributed by atoms with E-state index in [2.05, 4.69) is 0 Å². The fourth-order valence-electron chi connectivity index (χ4n) is 0. The molecule has 8 heavy (non-hydrogen) atoms. The number of rotatable bonds is 0. The zero-order valence-electron chi connectivity index (χ0n) is 4.82. The third-order valence-electron chi connectivity index (χ3n) is 0. The van der Waals surface area contributed by atoms with Gasteiger partial charge < -0.3 is 26.3 Å². The summed E-state index contributed by atoms with van der Waals surface area (Å²) in [5.74, 6) is -1.08. The smallest absolute Gasteiger partial charge is 0.550 e. The van der Waals surface area contributed by atoms with Gasteiger partial charge in [-0.2, -0.15) is 0 Å². The Kier molecular flexibility index (Phi) is 111. The Hall–Kier alpha value is 0.986. The molecule has 0 unspecified atom stereocenters. The molecule has 0 aromatic carbocycles. The van der Waals surface area contributed by atoms with Crippen molar-refractivity contribution in [2.24, 2.45) is 0 Å². The molecule has 0 rings (SSSR count). The van der Waals surface area contributed by atoms with Gasteiger partial charge in [0.05, 0.1) is 0 Å². The third kappa shape index (κ3) is 257. The van der Waals surface area contributed by atoms with E-state index in [1.165, 1.54) is 0 Å². The predicted molar refractivity (Wildman–Crippen MR) is 21.5 cm³/mol. The van der Waals surface area contributed by atoms with Gasteiger partial charge in [0.25, 0.3) is 0 Å². The van der Waals surface area contributed by atoms with Crippen LogP contribution in [0.15, 0.2) is 0 Å². The van der Waals surface area contributed by atoms with Crippen molar-refractivity contribution in [3.8, 4) is 0 Å². The molecule has 0 saturated heterocycles. The number of carboxylic acids is 1. The number of aliphatic carboxylic acids is 1. The quantitative estimate of drug-likeness (QED) is 0.319. The van der Waals surface area contributed by atoms with Crippen molar-refractivity contribution >= 4 is 5.97 Å². The SMILES string of the molecule is CC(=O)[O-].O.O.O.[K+]. The Morgan fingerprint density at radius 1 is 1.25 bits per heavy atom.